The summed E-state index contributed by atoms with van der Waals surface area (Å²) in [6.07, 6.45) is 0.420. The van der Waals surface area contributed by atoms with E-state index < -0.39 is 12.2 Å². The van der Waals surface area contributed by atoms with Gasteiger partial charge in [-0.2, -0.15) is 5.10 Å². The van der Waals surface area contributed by atoms with E-state index in [0.717, 1.165) is 5.69 Å². The van der Waals surface area contributed by atoms with Crippen LogP contribution in [0.2, 0.25) is 0 Å². The highest BCUT2D eigenvalue weighted by Crippen LogP contribution is 2.04. The highest BCUT2D eigenvalue weighted by Gasteiger charge is 2.03. The largest absolute Gasteiger partial charge is 0.393 e. The summed E-state index contributed by atoms with van der Waals surface area (Å²) in [6, 6.07) is 9.45. The van der Waals surface area contributed by atoms with Crippen molar-refractivity contribution in [2.45, 2.75) is 25.6 Å². The number of para-hydroxylation sites is 1. The molecule has 0 saturated heterocycles. The smallest absolute Gasteiger partial charge is 0.0933 e. The van der Waals surface area contributed by atoms with Crippen molar-refractivity contribution >= 4 is 11.9 Å². The predicted octanol–water partition coefficient (Wildman–Crippen LogP) is 1.22. The van der Waals surface area contributed by atoms with Crippen LogP contribution in [0.5, 0.6) is 0 Å². The van der Waals surface area contributed by atoms with Gasteiger partial charge in [0, 0.05) is 6.42 Å². The number of hydrazone groups is 1. The molecule has 3 N–H and O–H groups in total. The lowest BCUT2D eigenvalue weighted by molar-refractivity contribution is 0.127. The molecule has 1 rings (SSSR count). The summed E-state index contributed by atoms with van der Waals surface area (Å²) >= 11 is 0. The molecule has 0 saturated carbocycles. The number of nitrogens with one attached hydrogen (secondary N) is 1. The Balaban J connectivity index is 2.33. The molecule has 0 spiro atoms. The van der Waals surface area contributed by atoms with Crippen molar-refractivity contribution in [3.8, 4) is 0 Å². The van der Waals surface area contributed by atoms with Crippen molar-refractivity contribution < 1.29 is 10.2 Å². The molecule has 0 aromatic heterocycles. The Kier molecular flexibility index (Phi) is 4.80. The minimum atomic E-state index is -0.721. The van der Waals surface area contributed by atoms with Crippen molar-refractivity contribution in [1.82, 2.24) is 0 Å². The third-order valence-electron chi connectivity index (χ3n) is 1.80. The number of hydrogen-bond acceptors (Lipinski definition) is 4. The zero-order valence-corrected chi connectivity index (χ0v) is 8.67. The maximum Gasteiger partial charge on any atom is 0.0933 e. The average Bonchev–Trinajstić information content (AvgIpc) is 2.18. The third kappa shape index (κ3) is 5.15. The van der Waals surface area contributed by atoms with E-state index in [2.05, 4.69) is 10.5 Å². The predicted molar refractivity (Wildman–Crippen MR) is 60.9 cm³/mol. The van der Waals surface area contributed by atoms with Gasteiger partial charge in [-0.3, -0.25) is 5.43 Å². The third-order valence-corrected chi connectivity index (χ3v) is 1.80. The van der Waals surface area contributed by atoms with Gasteiger partial charge in [0.05, 0.1) is 24.1 Å². The van der Waals surface area contributed by atoms with Crippen LogP contribution >= 0.6 is 0 Å². The van der Waals surface area contributed by atoms with E-state index in [0.29, 0.717) is 6.42 Å². The number of hydrogen-bond donors (Lipinski definition) is 3. The minimum Gasteiger partial charge on any atom is -0.393 e. The van der Waals surface area contributed by atoms with Gasteiger partial charge in [0.1, 0.15) is 0 Å². The van der Waals surface area contributed by atoms with Crippen LogP contribution in [-0.2, 0) is 0 Å². The fraction of sp³-hybridized carbons (Fsp3) is 0.364. The molecule has 0 bridgehead atoms. The van der Waals surface area contributed by atoms with E-state index in [-0.39, 0.29) is 0 Å². The van der Waals surface area contributed by atoms with E-state index in [1.807, 2.05) is 30.3 Å². The van der Waals surface area contributed by atoms with Gasteiger partial charge in [0.15, 0.2) is 0 Å². The van der Waals surface area contributed by atoms with Crippen LogP contribution in [0.1, 0.15) is 13.3 Å². The molecule has 0 radical (unpaired) electrons. The first-order valence-corrected chi connectivity index (χ1v) is 4.89. The Labute approximate surface area is 89.3 Å². The van der Waals surface area contributed by atoms with Crippen molar-refractivity contribution in [3.05, 3.63) is 30.3 Å². The van der Waals surface area contributed by atoms with Gasteiger partial charge in [-0.1, -0.05) is 18.2 Å². The summed E-state index contributed by atoms with van der Waals surface area (Å²) in [4.78, 5) is 0. The molecule has 1 aromatic rings. The second kappa shape index (κ2) is 6.16. The van der Waals surface area contributed by atoms with Crippen molar-refractivity contribution in [1.29, 1.82) is 0 Å². The summed E-state index contributed by atoms with van der Waals surface area (Å²) in [5.74, 6) is 0. The quantitative estimate of drug-likeness (QED) is 0.503. The van der Waals surface area contributed by atoms with Gasteiger partial charge < -0.3 is 10.2 Å². The molecule has 4 heteroatoms. The normalized spacial score (nSPS) is 15.1. The summed E-state index contributed by atoms with van der Waals surface area (Å²) in [7, 11) is 0. The average molecular weight is 208 g/mol. The van der Waals surface area contributed by atoms with Crippen LogP contribution in [0, 0.1) is 0 Å². The summed E-state index contributed by atoms with van der Waals surface area (Å²) in [5.41, 5.74) is 3.64. The Morgan fingerprint density at radius 2 is 2.00 bits per heavy atom. The van der Waals surface area contributed by atoms with Crippen LogP contribution in [0.3, 0.4) is 0 Å². The number of aliphatic hydroxyl groups is 2. The number of aliphatic hydroxyl groups excluding tert-OH is 2. The number of benzene rings is 1. The molecule has 4 nitrogen and oxygen atoms in total. The summed E-state index contributed by atoms with van der Waals surface area (Å²) < 4.78 is 0. The molecule has 1 aromatic carbocycles. The molecule has 2 atom stereocenters. The van der Waals surface area contributed by atoms with Crippen LogP contribution < -0.4 is 5.43 Å². The van der Waals surface area contributed by atoms with Gasteiger partial charge in [-0.05, 0) is 19.1 Å². The van der Waals surface area contributed by atoms with Crippen LogP contribution in [-0.4, -0.2) is 28.6 Å². The molecule has 0 fully saturated rings. The topological polar surface area (TPSA) is 64.8 Å². The highest BCUT2D eigenvalue weighted by molar-refractivity contribution is 5.64. The zero-order chi connectivity index (χ0) is 11.1. The minimum absolute atomic E-state index is 0.292. The maximum atomic E-state index is 9.35. The Morgan fingerprint density at radius 1 is 1.33 bits per heavy atom. The molecule has 0 aliphatic rings. The first kappa shape index (κ1) is 11.7. The lowest BCUT2D eigenvalue weighted by Gasteiger charge is -2.06. The lowest BCUT2D eigenvalue weighted by Crippen LogP contribution is -2.16. The molecule has 0 unspecified atom stereocenters. The summed E-state index contributed by atoms with van der Waals surface area (Å²) in [6.45, 7) is 1.63. The second-order valence-corrected chi connectivity index (χ2v) is 3.41. The van der Waals surface area contributed by atoms with E-state index >= 15 is 0 Å². The summed E-state index contributed by atoms with van der Waals surface area (Å²) in [5, 5.41) is 22.2. The van der Waals surface area contributed by atoms with E-state index in [1.165, 1.54) is 6.21 Å². The molecule has 82 valence electrons. The van der Waals surface area contributed by atoms with Crippen molar-refractivity contribution in [2.24, 2.45) is 5.10 Å². The molecule has 0 heterocycles. The molecule has 15 heavy (non-hydrogen) atoms. The van der Waals surface area contributed by atoms with Crippen LogP contribution in [0.25, 0.3) is 0 Å². The number of nitrogens with zero attached hydrogens (tertiary/aromatic N) is 1. The van der Waals surface area contributed by atoms with E-state index in [9.17, 15) is 5.11 Å². The molecule has 0 aliphatic carbocycles. The Bertz CT molecular complexity index is 299. The number of anilines is 1. The molecule has 0 amide bonds. The lowest BCUT2D eigenvalue weighted by atomic mass is 10.2. The van der Waals surface area contributed by atoms with E-state index in [1.54, 1.807) is 6.92 Å². The molecule has 0 aliphatic heterocycles. The van der Waals surface area contributed by atoms with E-state index in [4.69, 9.17) is 5.11 Å². The van der Waals surface area contributed by atoms with Gasteiger partial charge in [0.2, 0.25) is 0 Å². The molecular weight excluding hydrogens is 192 g/mol. The Morgan fingerprint density at radius 3 is 2.60 bits per heavy atom. The first-order valence-electron chi connectivity index (χ1n) is 4.89. The van der Waals surface area contributed by atoms with Gasteiger partial charge >= 0.3 is 0 Å². The SMILES string of the molecule is C[C@H](O)C[C@H](O)/C=N/Nc1ccccc1. The van der Waals surface area contributed by atoms with Crippen LogP contribution in [0.4, 0.5) is 5.69 Å². The van der Waals surface area contributed by atoms with Gasteiger partial charge in [0.25, 0.3) is 0 Å². The van der Waals surface area contributed by atoms with Crippen molar-refractivity contribution in [2.75, 3.05) is 5.43 Å². The highest BCUT2D eigenvalue weighted by atomic mass is 16.3. The fourth-order valence-electron chi connectivity index (χ4n) is 1.12. The zero-order valence-electron chi connectivity index (χ0n) is 8.67. The monoisotopic (exact) mass is 208 g/mol. The standard InChI is InChI=1S/C11H16N2O2/c1-9(14)7-11(15)8-12-13-10-5-3-2-4-6-10/h2-6,8-9,11,13-15H,7H2,1H3/b12-8+/t9-,11-/m0/s1. The second-order valence-electron chi connectivity index (χ2n) is 3.41. The number of rotatable bonds is 5. The van der Waals surface area contributed by atoms with Crippen molar-refractivity contribution in [3.63, 3.8) is 0 Å². The first-order chi connectivity index (χ1) is 7.18. The van der Waals surface area contributed by atoms with Gasteiger partial charge in [-0.15, -0.1) is 0 Å². The molecular formula is C11H16N2O2. The maximum absolute atomic E-state index is 9.35. The van der Waals surface area contributed by atoms with Gasteiger partial charge in [-0.25, -0.2) is 0 Å². The fourth-order valence-corrected chi connectivity index (χ4v) is 1.12. The van der Waals surface area contributed by atoms with Crippen LogP contribution in [0.15, 0.2) is 35.4 Å². The Hall–Kier alpha value is -1.39.